The molecule has 0 saturated carbocycles. The minimum Gasteiger partial charge on any atom is -0.368 e. The smallest absolute Gasteiger partial charge is 0.222 e. The maximum atomic E-state index is 5.59. The van der Waals surface area contributed by atoms with Gasteiger partial charge in [0.1, 0.15) is 5.82 Å². The number of hydrogen-bond acceptors (Lipinski definition) is 6. The number of hydrogen-bond donors (Lipinski definition) is 3. The van der Waals surface area contributed by atoms with Crippen molar-refractivity contribution in [3.05, 3.63) is 60.3 Å². The summed E-state index contributed by atoms with van der Waals surface area (Å²) < 4.78 is 0. The van der Waals surface area contributed by atoms with E-state index in [2.05, 4.69) is 42.6 Å². The lowest BCUT2D eigenvalue weighted by Gasteiger charge is -2.07. The zero-order valence-corrected chi connectivity index (χ0v) is 12.8. The number of nitrogens with one attached hydrogen (secondary N) is 2. The molecular formula is C17H15N7. The van der Waals surface area contributed by atoms with E-state index in [-0.39, 0.29) is 5.95 Å². The second-order valence-electron chi connectivity index (χ2n) is 5.31. The predicted molar refractivity (Wildman–Crippen MR) is 93.1 cm³/mol. The molecule has 118 valence electrons. The van der Waals surface area contributed by atoms with Crippen LogP contribution in [0.1, 0.15) is 5.56 Å². The Hall–Kier alpha value is -3.48. The van der Waals surface area contributed by atoms with Crippen LogP contribution in [0.4, 0.5) is 11.8 Å². The first-order valence-electron chi connectivity index (χ1n) is 7.51. The highest BCUT2D eigenvalue weighted by atomic mass is 15.2. The number of nitrogen functional groups attached to an aromatic ring is 1. The SMILES string of the molecule is Nc1ncc2c(-c3cccc(NCc4ccccc4)n3)[nH]nc2n1. The van der Waals surface area contributed by atoms with Gasteiger partial charge in [0, 0.05) is 12.7 Å². The van der Waals surface area contributed by atoms with E-state index in [9.17, 15) is 0 Å². The van der Waals surface area contributed by atoms with Gasteiger partial charge < -0.3 is 11.1 Å². The van der Waals surface area contributed by atoms with Crippen molar-refractivity contribution in [2.75, 3.05) is 11.1 Å². The largest absolute Gasteiger partial charge is 0.368 e. The number of aromatic amines is 1. The monoisotopic (exact) mass is 317 g/mol. The second-order valence-corrected chi connectivity index (χ2v) is 5.31. The van der Waals surface area contributed by atoms with E-state index in [1.165, 1.54) is 5.56 Å². The highest BCUT2D eigenvalue weighted by Gasteiger charge is 2.11. The van der Waals surface area contributed by atoms with E-state index in [4.69, 9.17) is 5.73 Å². The molecule has 4 aromatic rings. The van der Waals surface area contributed by atoms with Gasteiger partial charge in [-0.1, -0.05) is 36.4 Å². The van der Waals surface area contributed by atoms with Gasteiger partial charge >= 0.3 is 0 Å². The topological polar surface area (TPSA) is 105 Å². The van der Waals surface area contributed by atoms with Gasteiger partial charge in [0.2, 0.25) is 5.95 Å². The van der Waals surface area contributed by atoms with Crippen LogP contribution in [-0.4, -0.2) is 25.1 Å². The summed E-state index contributed by atoms with van der Waals surface area (Å²) in [5, 5.41) is 11.2. The molecule has 0 spiro atoms. The maximum Gasteiger partial charge on any atom is 0.222 e. The Morgan fingerprint density at radius 2 is 1.88 bits per heavy atom. The number of nitrogens with zero attached hydrogens (tertiary/aromatic N) is 4. The molecule has 4 rings (SSSR count). The van der Waals surface area contributed by atoms with E-state index in [1.807, 2.05) is 36.4 Å². The number of benzene rings is 1. The fourth-order valence-corrected chi connectivity index (χ4v) is 2.47. The number of nitrogens with two attached hydrogens (primary N) is 1. The molecule has 0 unspecified atom stereocenters. The summed E-state index contributed by atoms with van der Waals surface area (Å²) in [6.07, 6.45) is 1.66. The third kappa shape index (κ3) is 2.74. The fraction of sp³-hybridized carbons (Fsp3) is 0.0588. The first-order chi connectivity index (χ1) is 11.8. The summed E-state index contributed by atoms with van der Waals surface area (Å²) in [5.41, 5.74) is 8.85. The normalized spacial score (nSPS) is 10.8. The van der Waals surface area contributed by atoms with Crippen LogP contribution in [0.5, 0.6) is 0 Å². The Balaban J connectivity index is 1.62. The van der Waals surface area contributed by atoms with Crippen molar-refractivity contribution in [2.45, 2.75) is 6.54 Å². The molecule has 24 heavy (non-hydrogen) atoms. The van der Waals surface area contributed by atoms with Gasteiger partial charge in [0.25, 0.3) is 0 Å². The summed E-state index contributed by atoms with van der Waals surface area (Å²) in [5.74, 6) is 0.988. The number of rotatable bonds is 4. The highest BCUT2D eigenvalue weighted by Crippen LogP contribution is 2.24. The zero-order chi connectivity index (χ0) is 16.4. The Kier molecular flexibility index (Phi) is 3.51. The lowest BCUT2D eigenvalue weighted by Crippen LogP contribution is -2.01. The number of fused-ring (bicyclic) bond motifs is 1. The van der Waals surface area contributed by atoms with Crippen molar-refractivity contribution in [3.8, 4) is 11.4 Å². The van der Waals surface area contributed by atoms with Gasteiger partial charge in [-0.15, -0.1) is 0 Å². The highest BCUT2D eigenvalue weighted by molar-refractivity contribution is 5.89. The van der Waals surface area contributed by atoms with Gasteiger partial charge in [-0.05, 0) is 17.7 Å². The van der Waals surface area contributed by atoms with E-state index in [0.29, 0.717) is 12.2 Å². The molecule has 0 aliphatic carbocycles. The van der Waals surface area contributed by atoms with E-state index in [0.717, 1.165) is 22.6 Å². The van der Waals surface area contributed by atoms with E-state index < -0.39 is 0 Å². The molecule has 0 aliphatic rings. The van der Waals surface area contributed by atoms with Gasteiger partial charge in [0.05, 0.1) is 16.8 Å². The van der Waals surface area contributed by atoms with Crippen LogP contribution in [0.3, 0.4) is 0 Å². The van der Waals surface area contributed by atoms with E-state index in [1.54, 1.807) is 6.20 Å². The van der Waals surface area contributed by atoms with Gasteiger partial charge in [-0.2, -0.15) is 10.1 Å². The van der Waals surface area contributed by atoms with Crippen LogP contribution < -0.4 is 11.1 Å². The van der Waals surface area contributed by atoms with Crippen molar-refractivity contribution >= 4 is 22.8 Å². The van der Waals surface area contributed by atoms with Crippen LogP contribution in [0.15, 0.2) is 54.7 Å². The quantitative estimate of drug-likeness (QED) is 0.534. The van der Waals surface area contributed by atoms with Crippen molar-refractivity contribution in [1.29, 1.82) is 0 Å². The lowest BCUT2D eigenvalue weighted by atomic mass is 10.2. The molecule has 3 heterocycles. The zero-order valence-electron chi connectivity index (χ0n) is 12.8. The Morgan fingerprint density at radius 3 is 2.75 bits per heavy atom. The van der Waals surface area contributed by atoms with Gasteiger partial charge in [-0.25, -0.2) is 9.97 Å². The van der Waals surface area contributed by atoms with Crippen LogP contribution in [-0.2, 0) is 6.54 Å². The fourth-order valence-electron chi connectivity index (χ4n) is 2.47. The standard InChI is InChI=1S/C17H15N7/c18-17-20-10-12-15(23-24-16(12)22-17)13-7-4-8-14(21-13)19-9-11-5-2-1-3-6-11/h1-8,10H,9H2,(H,19,21)(H3,18,20,22,23,24). The molecule has 7 nitrogen and oxygen atoms in total. The molecule has 0 atom stereocenters. The molecule has 0 amide bonds. The summed E-state index contributed by atoms with van der Waals surface area (Å²) in [6.45, 7) is 0.709. The third-order valence-electron chi connectivity index (χ3n) is 3.65. The summed E-state index contributed by atoms with van der Waals surface area (Å²) >= 11 is 0. The van der Waals surface area contributed by atoms with Crippen molar-refractivity contribution < 1.29 is 0 Å². The molecule has 0 saturated heterocycles. The number of pyridine rings is 1. The molecule has 0 aliphatic heterocycles. The van der Waals surface area contributed by atoms with Gasteiger partial charge in [-0.3, -0.25) is 5.10 Å². The molecule has 0 radical (unpaired) electrons. The number of anilines is 2. The average Bonchev–Trinajstić information content (AvgIpc) is 3.04. The second kappa shape index (κ2) is 5.96. The first-order valence-corrected chi connectivity index (χ1v) is 7.51. The number of H-pyrrole nitrogens is 1. The molecule has 3 aromatic heterocycles. The Bertz CT molecular complexity index is 979. The number of aromatic nitrogens is 5. The Morgan fingerprint density at radius 1 is 1.00 bits per heavy atom. The minimum atomic E-state index is 0.201. The van der Waals surface area contributed by atoms with Crippen LogP contribution in [0, 0.1) is 0 Å². The van der Waals surface area contributed by atoms with Crippen LogP contribution in [0.25, 0.3) is 22.4 Å². The Labute approximate surface area is 138 Å². The molecule has 0 fully saturated rings. The first kappa shape index (κ1) is 14.1. The molecule has 7 heteroatoms. The molecule has 0 bridgehead atoms. The third-order valence-corrected chi connectivity index (χ3v) is 3.65. The van der Waals surface area contributed by atoms with Crippen molar-refractivity contribution in [2.24, 2.45) is 0 Å². The average molecular weight is 317 g/mol. The summed E-state index contributed by atoms with van der Waals surface area (Å²) in [4.78, 5) is 12.8. The maximum absolute atomic E-state index is 5.59. The van der Waals surface area contributed by atoms with Crippen molar-refractivity contribution in [3.63, 3.8) is 0 Å². The van der Waals surface area contributed by atoms with Crippen LogP contribution in [0.2, 0.25) is 0 Å². The minimum absolute atomic E-state index is 0.201. The van der Waals surface area contributed by atoms with Crippen LogP contribution >= 0.6 is 0 Å². The molecule has 1 aromatic carbocycles. The molecule has 4 N–H and O–H groups in total. The summed E-state index contributed by atoms with van der Waals surface area (Å²) in [6, 6.07) is 16.0. The summed E-state index contributed by atoms with van der Waals surface area (Å²) in [7, 11) is 0. The van der Waals surface area contributed by atoms with Crippen molar-refractivity contribution in [1.82, 2.24) is 25.1 Å². The van der Waals surface area contributed by atoms with E-state index >= 15 is 0 Å². The van der Waals surface area contributed by atoms with Gasteiger partial charge in [0.15, 0.2) is 5.65 Å². The molecular weight excluding hydrogens is 302 g/mol. The lowest BCUT2D eigenvalue weighted by molar-refractivity contribution is 1.08. The predicted octanol–water partition coefficient (Wildman–Crippen LogP) is 2.61.